The Morgan fingerprint density at radius 3 is 2.95 bits per heavy atom. The molecule has 0 radical (unpaired) electrons. The monoisotopic (exact) mass is 254 g/mol. The number of carbonyl (C=O) groups excluding carboxylic acids is 1. The van der Waals surface area contributed by atoms with E-state index in [1.165, 1.54) is 6.20 Å². The van der Waals surface area contributed by atoms with Crippen molar-refractivity contribution in [1.29, 1.82) is 0 Å². The summed E-state index contributed by atoms with van der Waals surface area (Å²) in [4.78, 5) is 28.4. The molecule has 2 aromatic rings. The highest BCUT2D eigenvalue weighted by molar-refractivity contribution is 6.07. The van der Waals surface area contributed by atoms with Crippen LogP contribution < -0.4 is 10.5 Å². The van der Waals surface area contributed by atoms with Gasteiger partial charge in [-0.15, -0.1) is 0 Å². The summed E-state index contributed by atoms with van der Waals surface area (Å²) < 4.78 is 0. The Labute approximate surface area is 110 Å². The first-order valence-corrected chi connectivity index (χ1v) is 6.26. The molecule has 0 aliphatic carbocycles. The number of rotatable bonds is 1. The first-order chi connectivity index (χ1) is 9.16. The first-order valence-electron chi connectivity index (χ1n) is 6.26. The minimum atomic E-state index is -0.339. The molecule has 4 nitrogen and oxygen atoms in total. The average Bonchev–Trinajstić information content (AvgIpc) is 2.81. The van der Waals surface area contributed by atoms with Gasteiger partial charge in [-0.05, 0) is 42.7 Å². The maximum absolute atomic E-state index is 12.4. The first kappa shape index (κ1) is 11.7. The van der Waals surface area contributed by atoms with Crippen LogP contribution in [0, 0.1) is 6.92 Å². The molecule has 1 amide bonds. The zero-order chi connectivity index (χ0) is 13.4. The number of hydrogen-bond donors (Lipinski definition) is 1. The van der Waals surface area contributed by atoms with Gasteiger partial charge >= 0.3 is 0 Å². The lowest BCUT2D eigenvalue weighted by atomic mass is 10.1. The topological polar surface area (TPSA) is 53.2 Å². The van der Waals surface area contributed by atoms with Crippen molar-refractivity contribution in [2.75, 3.05) is 11.4 Å². The molecule has 0 spiro atoms. The zero-order valence-corrected chi connectivity index (χ0v) is 10.6. The second-order valence-electron chi connectivity index (χ2n) is 4.75. The van der Waals surface area contributed by atoms with Crippen molar-refractivity contribution in [3.63, 3.8) is 0 Å². The summed E-state index contributed by atoms with van der Waals surface area (Å²) >= 11 is 0. The molecule has 1 aliphatic rings. The molecule has 1 aromatic carbocycles. The molecular formula is C15H14N2O2. The van der Waals surface area contributed by atoms with Gasteiger partial charge in [-0.2, -0.15) is 0 Å². The number of fused-ring (bicyclic) bond motifs is 1. The Kier molecular flexibility index (Phi) is 2.71. The average molecular weight is 254 g/mol. The van der Waals surface area contributed by atoms with Gasteiger partial charge in [0.25, 0.3) is 11.5 Å². The molecule has 0 atom stereocenters. The third-order valence-corrected chi connectivity index (χ3v) is 3.43. The van der Waals surface area contributed by atoms with Crippen LogP contribution in [0.5, 0.6) is 0 Å². The van der Waals surface area contributed by atoms with Gasteiger partial charge in [-0.3, -0.25) is 9.59 Å². The molecule has 3 rings (SSSR count). The third kappa shape index (κ3) is 1.95. The van der Waals surface area contributed by atoms with E-state index in [-0.39, 0.29) is 17.0 Å². The van der Waals surface area contributed by atoms with Gasteiger partial charge in [0.2, 0.25) is 0 Å². The molecule has 0 unspecified atom stereocenters. The molecule has 0 bridgehead atoms. The van der Waals surface area contributed by atoms with Gasteiger partial charge in [0.1, 0.15) is 5.56 Å². The lowest BCUT2D eigenvalue weighted by Gasteiger charge is -2.17. The Bertz CT molecular complexity index is 703. The summed E-state index contributed by atoms with van der Waals surface area (Å²) in [5, 5.41) is 0. The Balaban J connectivity index is 2.03. The highest BCUT2D eigenvalue weighted by Crippen LogP contribution is 2.29. The molecule has 1 aromatic heterocycles. The van der Waals surface area contributed by atoms with Crippen molar-refractivity contribution in [2.24, 2.45) is 0 Å². The van der Waals surface area contributed by atoms with Crippen LogP contribution in [0.15, 0.2) is 41.3 Å². The van der Waals surface area contributed by atoms with E-state index in [4.69, 9.17) is 0 Å². The summed E-state index contributed by atoms with van der Waals surface area (Å²) in [6.07, 6.45) is 2.37. The number of H-pyrrole nitrogens is 1. The van der Waals surface area contributed by atoms with E-state index in [0.29, 0.717) is 6.54 Å². The molecular weight excluding hydrogens is 240 g/mol. The minimum absolute atomic E-state index is 0.192. The predicted octanol–water partition coefficient (Wildman–Crippen LogP) is 1.89. The highest BCUT2D eigenvalue weighted by atomic mass is 16.2. The van der Waals surface area contributed by atoms with Crippen molar-refractivity contribution < 1.29 is 4.79 Å². The summed E-state index contributed by atoms with van der Waals surface area (Å²) in [6.45, 7) is 2.63. The van der Waals surface area contributed by atoms with E-state index >= 15 is 0 Å². The van der Waals surface area contributed by atoms with Crippen LogP contribution in [-0.2, 0) is 6.42 Å². The summed E-state index contributed by atoms with van der Waals surface area (Å²) in [5.74, 6) is -0.230. The quantitative estimate of drug-likeness (QED) is 0.844. The number of benzene rings is 1. The maximum Gasteiger partial charge on any atom is 0.263 e. The number of pyridine rings is 1. The van der Waals surface area contributed by atoms with Crippen LogP contribution in [0.1, 0.15) is 21.5 Å². The van der Waals surface area contributed by atoms with Gasteiger partial charge in [-0.25, -0.2) is 0 Å². The fourth-order valence-electron chi connectivity index (χ4n) is 2.44. The highest BCUT2D eigenvalue weighted by Gasteiger charge is 2.26. The number of amides is 1. The number of aromatic nitrogens is 1. The van der Waals surface area contributed by atoms with Crippen molar-refractivity contribution in [3.8, 4) is 0 Å². The lowest BCUT2D eigenvalue weighted by molar-refractivity contribution is 0.0988. The fraction of sp³-hybridized carbons (Fsp3) is 0.200. The molecule has 0 saturated heterocycles. The van der Waals surface area contributed by atoms with Crippen molar-refractivity contribution in [1.82, 2.24) is 4.98 Å². The summed E-state index contributed by atoms with van der Waals surface area (Å²) in [5.41, 5.74) is 3.05. The minimum Gasteiger partial charge on any atom is -0.328 e. The summed E-state index contributed by atoms with van der Waals surface area (Å²) in [7, 11) is 0. The number of nitrogens with zero attached hydrogens (tertiary/aromatic N) is 1. The second-order valence-corrected chi connectivity index (χ2v) is 4.75. The van der Waals surface area contributed by atoms with Crippen LogP contribution in [0.4, 0.5) is 5.69 Å². The number of aryl methyl sites for hydroxylation is 1. The van der Waals surface area contributed by atoms with E-state index in [1.54, 1.807) is 17.0 Å². The lowest BCUT2D eigenvalue weighted by Crippen LogP contribution is -2.33. The predicted molar refractivity (Wildman–Crippen MR) is 73.6 cm³/mol. The summed E-state index contributed by atoms with van der Waals surface area (Å²) in [6, 6.07) is 9.32. The Hall–Kier alpha value is -2.36. The molecule has 96 valence electrons. The van der Waals surface area contributed by atoms with Crippen molar-refractivity contribution in [3.05, 3.63) is 63.6 Å². The molecule has 0 saturated carbocycles. The second kappa shape index (κ2) is 4.39. The van der Waals surface area contributed by atoms with Gasteiger partial charge in [0.15, 0.2) is 0 Å². The van der Waals surface area contributed by atoms with Crippen molar-refractivity contribution in [2.45, 2.75) is 13.3 Å². The van der Waals surface area contributed by atoms with Gasteiger partial charge in [0.05, 0.1) is 0 Å². The van der Waals surface area contributed by atoms with Crippen LogP contribution in [0.2, 0.25) is 0 Å². The third-order valence-electron chi connectivity index (χ3n) is 3.43. The van der Waals surface area contributed by atoms with Crippen LogP contribution in [0.3, 0.4) is 0 Å². The van der Waals surface area contributed by atoms with Crippen LogP contribution >= 0.6 is 0 Å². The van der Waals surface area contributed by atoms with E-state index in [9.17, 15) is 9.59 Å². The number of nitrogens with one attached hydrogen (secondary N) is 1. The number of aromatic amines is 1. The van der Waals surface area contributed by atoms with Gasteiger partial charge < -0.3 is 9.88 Å². The maximum atomic E-state index is 12.4. The normalized spacial score (nSPS) is 13.4. The van der Waals surface area contributed by atoms with E-state index in [0.717, 1.165) is 23.2 Å². The molecule has 19 heavy (non-hydrogen) atoms. The van der Waals surface area contributed by atoms with Crippen molar-refractivity contribution >= 4 is 11.6 Å². The number of anilines is 1. The SMILES string of the molecule is Cc1ccc2c(c1)N(C(=O)c1ccc[nH]c1=O)CC2. The van der Waals surface area contributed by atoms with E-state index < -0.39 is 0 Å². The fourth-order valence-corrected chi connectivity index (χ4v) is 2.44. The van der Waals surface area contributed by atoms with E-state index in [2.05, 4.69) is 4.98 Å². The van der Waals surface area contributed by atoms with E-state index in [1.807, 2.05) is 25.1 Å². The Morgan fingerprint density at radius 1 is 1.32 bits per heavy atom. The molecule has 2 heterocycles. The number of hydrogen-bond acceptors (Lipinski definition) is 2. The largest absolute Gasteiger partial charge is 0.328 e. The molecule has 1 N–H and O–H groups in total. The van der Waals surface area contributed by atoms with Gasteiger partial charge in [-0.1, -0.05) is 12.1 Å². The van der Waals surface area contributed by atoms with Crippen LogP contribution in [-0.4, -0.2) is 17.4 Å². The number of carbonyl (C=O) groups is 1. The smallest absolute Gasteiger partial charge is 0.263 e. The van der Waals surface area contributed by atoms with Crippen LogP contribution in [0.25, 0.3) is 0 Å². The molecule has 4 heteroatoms. The standard InChI is InChI=1S/C15H14N2O2/c1-10-4-5-11-6-8-17(13(11)9-10)15(19)12-3-2-7-16-14(12)18/h2-5,7,9H,6,8H2,1H3,(H,16,18). The zero-order valence-electron chi connectivity index (χ0n) is 10.6. The Morgan fingerprint density at radius 2 is 2.16 bits per heavy atom. The van der Waals surface area contributed by atoms with Gasteiger partial charge in [0, 0.05) is 18.4 Å². The molecule has 0 fully saturated rings. The molecule has 1 aliphatic heterocycles.